The molecular formula is C22H26Br2N2O3. The van der Waals surface area contributed by atoms with Crippen molar-refractivity contribution in [3.05, 3.63) is 62.5 Å². The highest BCUT2D eigenvalue weighted by Gasteiger charge is 2.26. The molecule has 0 heterocycles. The Bertz CT molecular complexity index is 871. The Labute approximate surface area is 189 Å². The van der Waals surface area contributed by atoms with Gasteiger partial charge in [-0.05, 0) is 64.2 Å². The average Bonchev–Trinajstić information content (AvgIpc) is 2.69. The maximum absolute atomic E-state index is 12.9. The number of carbonyl (C=O) groups excluding carboxylic acids is 2. The first kappa shape index (κ1) is 23.4. The number of nitrogens with one attached hydrogen (secondary N) is 1. The molecule has 0 fully saturated rings. The molecule has 0 radical (unpaired) electrons. The number of hydrogen-bond acceptors (Lipinski definition) is 3. The second-order valence-corrected chi connectivity index (χ2v) is 8.85. The molecule has 29 heavy (non-hydrogen) atoms. The van der Waals surface area contributed by atoms with Crippen LogP contribution in [0.1, 0.15) is 37.8 Å². The molecule has 0 aliphatic rings. The van der Waals surface area contributed by atoms with Crippen molar-refractivity contribution in [2.45, 2.75) is 39.3 Å². The van der Waals surface area contributed by atoms with Gasteiger partial charge >= 0.3 is 0 Å². The predicted molar refractivity (Wildman–Crippen MR) is 122 cm³/mol. The molecule has 0 aliphatic heterocycles. The zero-order chi connectivity index (χ0) is 21.6. The van der Waals surface area contributed by atoms with Crippen LogP contribution in [-0.2, 0) is 16.1 Å². The van der Waals surface area contributed by atoms with Gasteiger partial charge in [0.2, 0.25) is 5.91 Å². The van der Waals surface area contributed by atoms with E-state index in [0.717, 1.165) is 14.5 Å². The Balaban J connectivity index is 2.15. The van der Waals surface area contributed by atoms with Crippen molar-refractivity contribution in [2.75, 3.05) is 13.7 Å². The van der Waals surface area contributed by atoms with Crippen LogP contribution in [0, 0.1) is 0 Å². The molecule has 0 unspecified atom stereocenters. The molecule has 1 N–H and O–H groups in total. The molecule has 7 heteroatoms. The number of likely N-dealkylation sites (N-methyl/N-ethyl adjacent to an activating group) is 1. The van der Waals surface area contributed by atoms with Gasteiger partial charge in [0, 0.05) is 18.1 Å². The van der Waals surface area contributed by atoms with Crippen molar-refractivity contribution < 1.29 is 14.3 Å². The molecule has 156 valence electrons. The molecule has 0 bridgehead atoms. The van der Waals surface area contributed by atoms with Crippen molar-refractivity contribution in [3.8, 4) is 5.75 Å². The second-order valence-electron chi connectivity index (χ2n) is 7.08. The lowest BCUT2D eigenvalue weighted by Crippen LogP contribution is -2.48. The van der Waals surface area contributed by atoms with Crippen molar-refractivity contribution in [2.24, 2.45) is 0 Å². The maximum atomic E-state index is 12.9. The van der Waals surface area contributed by atoms with Crippen LogP contribution in [0.25, 0.3) is 0 Å². The fourth-order valence-corrected chi connectivity index (χ4v) is 3.80. The van der Waals surface area contributed by atoms with Gasteiger partial charge in [-0.2, -0.15) is 0 Å². The fraction of sp³-hybridized carbons (Fsp3) is 0.364. The van der Waals surface area contributed by atoms with Crippen LogP contribution in [0.15, 0.2) is 51.4 Å². The minimum Gasteiger partial charge on any atom is -0.483 e. The Kier molecular flexibility index (Phi) is 8.71. The van der Waals surface area contributed by atoms with Gasteiger partial charge in [0.1, 0.15) is 11.8 Å². The lowest BCUT2D eigenvalue weighted by atomic mass is 10.0. The van der Waals surface area contributed by atoms with Gasteiger partial charge in [0.05, 0.1) is 4.47 Å². The summed E-state index contributed by atoms with van der Waals surface area (Å²) in [6, 6.07) is 12.9. The van der Waals surface area contributed by atoms with Crippen LogP contribution >= 0.6 is 31.9 Å². The molecule has 0 aliphatic carbocycles. The van der Waals surface area contributed by atoms with Gasteiger partial charge in [-0.1, -0.05) is 48.0 Å². The lowest BCUT2D eigenvalue weighted by molar-refractivity contribution is -0.142. The standard InChI is InChI=1S/C22H26Br2N2O3/c1-14(2)17-8-9-20(19(24)11-17)29-13-21(27)26(15(3)22(28)25-4)12-16-6-5-7-18(23)10-16/h5-11,14-15H,12-13H2,1-4H3,(H,25,28)/t15-/m1/s1. The van der Waals surface area contributed by atoms with Crippen LogP contribution in [0.2, 0.25) is 0 Å². The van der Waals surface area contributed by atoms with Gasteiger partial charge in [-0.3, -0.25) is 9.59 Å². The summed E-state index contributed by atoms with van der Waals surface area (Å²) >= 11 is 6.95. The number of carbonyl (C=O) groups is 2. The van der Waals surface area contributed by atoms with E-state index in [2.05, 4.69) is 51.0 Å². The Morgan fingerprint density at radius 3 is 2.41 bits per heavy atom. The second kappa shape index (κ2) is 10.8. The highest BCUT2D eigenvalue weighted by Crippen LogP contribution is 2.29. The molecule has 0 saturated heterocycles. The molecule has 2 rings (SSSR count). The number of nitrogens with zero attached hydrogens (tertiary/aromatic N) is 1. The molecule has 5 nitrogen and oxygen atoms in total. The van der Waals surface area contributed by atoms with E-state index >= 15 is 0 Å². The molecule has 0 aromatic heterocycles. The largest absolute Gasteiger partial charge is 0.483 e. The van der Waals surface area contributed by atoms with Crippen molar-refractivity contribution >= 4 is 43.7 Å². The average molecular weight is 526 g/mol. The zero-order valence-corrected chi connectivity index (χ0v) is 20.2. The molecule has 2 aromatic carbocycles. The predicted octanol–water partition coefficient (Wildman–Crippen LogP) is 4.88. The van der Waals surface area contributed by atoms with Gasteiger partial charge in [0.15, 0.2) is 6.61 Å². The third kappa shape index (κ3) is 6.57. The van der Waals surface area contributed by atoms with Crippen LogP contribution in [0.3, 0.4) is 0 Å². The van der Waals surface area contributed by atoms with Gasteiger partial charge in [-0.15, -0.1) is 0 Å². The summed E-state index contributed by atoms with van der Waals surface area (Å²) in [6.45, 7) is 6.10. The van der Waals surface area contributed by atoms with Crippen LogP contribution in [-0.4, -0.2) is 36.4 Å². The Hall–Kier alpha value is -1.86. The molecule has 1 atom stereocenters. The van der Waals surface area contributed by atoms with E-state index < -0.39 is 6.04 Å². The number of halogens is 2. The number of amides is 2. The summed E-state index contributed by atoms with van der Waals surface area (Å²) in [5, 5.41) is 2.61. The monoisotopic (exact) mass is 524 g/mol. The topological polar surface area (TPSA) is 58.6 Å². The quantitative estimate of drug-likeness (QED) is 0.534. The first-order valence-corrected chi connectivity index (χ1v) is 11.0. The van der Waals surface area contributed by atoms with E-state index in [0.29, 0.717) is 18.2 Å². The minimum atomic E-state index is -0.623. The van der Waals surface area contributed by atoms with Crippen molar-refractivity contribution in [3.63, 3.8) is 0 Å². The van der Waals surface area contributed by atoms with Crippen molar-refractivity contribution in [1.82, 2.24) is 10.2 Å². The van der Waals surface area contributed by atoms with Crippen LogP contribution in [0.4, 0.5) is 0 Å². The van der Waals surface area contributed by atoms with E-state index in [1.807, 2.05) is 42.5 Å². The van der Waals surface area contributed by atoms with E-state index in [1.165, 1.54) is 10.5 Å². The Morgan fingerprint density at radius 2 is 1.83 bits per heavy atom. The maximum Gasteiger partial charge on any atom is 0.261 e. The van der Waals surface area contributed by atoms with E-state index in [1.54, 1.807) is 14.0 Å². The summed E-state index contributed by atoms with van der Waals surface area (Å²) in [4.78, 5) is 26.7. The number of hydrogen-bond donors (Lipinski definition) is 1. The summed E-state index contributed by atoms with van der Waals surface area (Å²) in [5.41, 5.74) is 2.10. The van der Waals surface area contributed by atoms with Gasteiger partial charge in [-0.25, -0.2) is 0 Å². The minimum absolute atomic E-state index is 0.158. The van der Waals surface area contributed by atoms with E-state index in [-0.39, 0.29) is 18.4 Å². The third-order valence-corrected chi connectivity index (χ3v) is 5.74. The number of benzene rings is 2. The summed E-state index contributed by atoms with van der Waals surface area (Å²) < 4.78 is 7.48. The molecular weight excluding hydrogens is 500 g/mol. The smallest absolute Gasteiger partial charge is 0.261 e. The number of rotatable bonds is 8. The molecule has 0 spiro atoms. The van der Waals surface area contributed by atoms with Crippen LogP contribution < -0.4 is 10.1 Å². The molecule has 2 amide bonds. The number of ether oxygens (including phenoxy) is 1. The lowest BCUT2D eigenvalue weighted by Gasteiger charge is -2.28. The summed E-state index contributed by atoms with van der Waals surface area (Å²) in [7, 11) is 1.56. The third-order valence-electron chi connectivity index (χ3n) is 4.63. The molecule has 2 aromatic rings. The van der Waals surface area contributed by atoms with Crippen LogP contribution in [0.5, 0.6) is 5.75 Å². The van der Waals surface area contributed by atoms with E-state index in [4.69, 9.17) is 4.74 Å². The molecule has 0 saturated carbocycles. The fourth-order valence-electron chi connectivity index (χ4n) is 2.84. The summed E-state index contributed by atoms with van der Waals surface area (Å²) in [5.74, 6) is 0.505. The SMILES string of the molecule is CNC(=O)[C@@H](C)N(Cc1cccc(Br)c1)C(=O)COc1ccc(C(C)C)cc1Br. The van der Waals surface area contributed by atoms with E-state index in [9.17, 15) is 9.59 Å². The first-order chi connectivity index (χ1) is 13.7. The normalized spacial score (nSPS) is 11.8. The van der Waals surface area contributed by atoms with Crippen molar-refractivity contribution in [1.29, 1.82) is 0 Å². The highest BCUT2D eigenvalue weighted by atomic mass is 79.9. The first-order valence-electron chi connectivity index (χ1n) is 9.40. The highest BCUT2D eigenvalue weighted by molar-refractivity contribution is 9.10. The Morgan fingerprint density at radius 1 is 1.10 bits per heavy atom. The van der Waals surface area contributed by atoms with Gasteiger partial charge in [0.25, 0.3) is 5.91 Å². The summed E-state index contributed by atoms with van der Waals surface area (Å²) in [6.07, 6.45) is 0. The zero-order valence-electron chi connectivity index (χ0n) is 17.0. The van der Waals surface area contributed by atoms with Gasteiger partial charge < -0.3 is 15.0 Å².